The normalized spacial score (nSPS) is 11.0. The number of nitrogens with one attached hydrogen (secondary N) is 2. The number of ether oxygens (including phenoxy) is 1. The molecule has 1 amide bonds. The van der Waals surface area contributed by atoms with E-state index >= 15 is 0 Å². The molecule has 25 heavy (non-hydrogen) atoms. The van der Waals surface area contributed by atoms with Crippen LogP contribution < -0.4 is 10.6 Å². The first-order valence-electron chi connectivity index (χ1n) is 9.02. The van der Waals surface area contributed by atoms with Gasteiger partial charge in [0, 0.05) is 31.3 Å². The lowest BCUT2D eigenvalue weighted by atomic mass is 10.1. The highest BCUT2D eigenvalue weighted by atomic mass is 16.6. The third-order valence-corrected chi connectivity index (χ3v) is 3.42. The van der Waals surface area contributed by atoms with E-state index in [4.69, 9.17) is 4.74 Å². The Kier molecular flexibility index (Phi) is 8.95. The van der Waals surface area contributed by atoms with Crippen LogP contribution in [0.1, 0.15) is 70.2 Å². The molecule has 0 bridgehead atoms. The summed E-state index contributed by atoms with van der Waals surface area (Å²) >= 11 is 0. The molecule has 1 heterocycles. The van der Waals surface area contributed by atoms with Crippen molar-refractivity contribution in [2.75, 3.05) is 18.4 Å². The second kappa shape index (κ2) is 10.7. The molecule has 0 spiro atoms. The van der Waals surface area contributed by atoms with Gasteiger partial charge in [-0.05, 0) is 52.2 Å². The molecule has 140 valence electrons. The minimum Gasteiger partial charge on any atom is -0.444 e. The van der Waals surface area contributed by atoms with E-state index in [-0.39, 0.29) is 5.78 Å². The molecule has 1 aromatic rings. The van der Waals surface area contributed by atoms with Crippen molar-refractivity contribution in [1.82, 2.24) is 10.3 Å². The lowest BCUT2D eigenvalue weighted by Gasteiger charge is -2.19. The van der Waals surface area contributed by atoms with Crippen molar-refractivity contribution in [1.29, 1.82) is 0 Å². The number of aromatic nitrogens is 1. The zero-order chi connectivity index (χ0) is 18.7. The Morgan fingerprint density at radius 1 is 1.12 bits per heavy atom. The molecule has 6 heteroatoms. The summed E-state index contributed by atoms with van der Waals surface area (Å²) in [6.07, 6.45) is 5.32. The summed E-state index contributed by atoms with van der Waals surface area (Å²) < 4.78 is 5.15. The Balaban J connectivity index is 2.22. The summed E-state index contributed by atoms with van der Waals surface area (Å²) in [6, 6.07) is 3.65. The van der Waals surface area contributed by atoms with E-state index in [9.17, 15) is 9.59 Å². The maximum Gasteiger partial charge on any atom is 0.407 e. The number of rotatable bonds is 10. The van der Waals surface area contributed by atoms with Crippen LogP contribution in [0.3, 0.4) is 0 Å². The summed E-state index contributed by atoms with van der Waals surface area (Å²) in [7, 11) is 0. The number of amides is 1. The lowest BCUT2D eigenvalue weighted by Crippen LogP contribution is -2.33. The number of anilines is 1. The molecule has 6 nitrogen and oxygen atoms in total. The van der Waals surface area contributed by atoms with Gasteiger partial charge in [0.05, 0.1) is 0 Å². The topological polar surface area (TPSA) is 80.3 Å². The molecular formula is C19H31N3O3. The fraction of sp³-hybridized carbons (Fsp3) is 0.632. The number of hydrogen-bond donors (Lipinski definition) is 2. The number of hydrogen-bond acceptors (Lipinski definition) is 5. The van der Waals surface area contributed by atoms with Crippen molar-refractivity contribution >= 4 is 17.7 Å². The van der Waals surface area contributed by atoms with Gasteiger partial charge in [0.2, 0.25) is 0 Å². The van der Waals surface area contributed by atoms with Crippen molar-refractivity contribution < 1.29 is 14.3 Å². The molecule has 1 aromatic heterocycles. The van der Waals surface area contributed by atoms with Gasteiger partial charge in [0.25, 0.3) is 0 Å². The predicted octanol–water partition coefficient (Wildman–Crippen LogP) is 4.17. The van der Waals surface area contributed by atoms with Crippen molar-refractivity contribution in [3.05, 3.63) is 23.9 Å². The lowest BCUT2D eigenvalue weighted by molar-refractivity contribution is 0.0527. The number of carbonyl (C=O) groups is 2. The highest BCUT2D eigenvalue weighted by molar-refractivity contribution is 5.95. The van der Waals surface area contributed by atoms with Crippen LogP contribution in [0.15, 0.2) is 18.3 Å². The van der Waals surface area contributed by atoms with E-state index in [2.05, 4.69) is 22.5 Å². The molecule has 0 fully saturated rings. The number of carbonyl (C=O) groups excluding carboxylic acids is 2. The fourth-order valence-electron chi connectivity index (χ4n) is 2.12. The van der Waals surface area contributed by atoms with E-state index in [1.54, 1.807) is 6.20 Å². The van der Waals surface area contributed by atoms with Gasteiger partial charge >= 0.3 is 6.09 Å². The van der Waals surface area contributed by atoms with Gasteiger partial charge in [-0.25, -0.2) is 9.78 Å². The molecule has 0 aliphatic carbocycles. The largest absolute Gasteiger partial charge is 0.444 e. The van der Waals surface area contributed by atoms with Crippen molar-refractivity contribution in [2.45, 2.75) is 65.4 Å². The molecule has 0 aliphatic heterocycles. The van der Waals surface area contributed by atoms with Crippen LogP contribution in [0, 0.1) is 0 Å². The SMILES string of the molecule is CCCCNc1ccc(C(=O)CCCCNC(=O)OC(C)(C)C)cn1. The quantitative estimate of drug-likeness (QED) is 0.489. The third kappa shape index (κ3) is 9.69. The summed E-state index contributed by atoms with van der Waals surface area (Å²) in [4.78, 5) is 27.9. The maximum atomic E-state index is 12.1. The molecule has 0 saturated heterocycles. The Morgan fingerprint density at radius 3 is 2.48 bits per heavy atom. The zero-order valence-corrected chi connectivity index (χ0v) is 15.9. The Labute approximate surface area is 150 Å². The van der Waals surface area contributed by atoms with Gasteiger partial charge in [0.15, 0.2) is 5.78 Å². The van der Waals surface area contributed by atoms with Gasteiger partial charge in [0.1, 0.15) is 11.4 Å². The fourth-order valence-corrected chi connectivity index (χ4v) is 2.12. The van der Waals surface area contributed by atoms with Crippen LogP contribution in [0.5, 0.6) is 0 Å². The number of ketones is 1. The molecule has 0 unspecified atom stereocenters. The number of alkyl carbamates (subject to hydrolysis) is 1. The predicted molar refractivity (Wildman–Crippen MR) is 100 cm³/mol. The van der Waals surface area contributed by atoms with Crippen LogP contribution >= 0.6 is 0 Å². The first-order valence-corrected chi connectivity index (χ1v) is 9.02. The second-order valence-electron chi connectivity index (χ2n) is 7.02. The van der Waals surface area contributed by atoms with E-state index in [1.165, 1.54) is 0 Å². The van der Waals surface area contributed by atoms with Gasteiger partial charge in [-0.1, -0.05) is 13.3 Å². The summed E-state index contributed by atoms with van der Waals surface area (Å²) in [5.41, 5.74) is 0.131. The minimum atomic E-state index is -0.495. The number of Topliss-reactive ketones (excluding diaryl/α,β-unsaturated/α-hetero) is 1. The van der Waals surface area contributed by atoms with Gasteiger partial charge in [-0.15, -0.1) is 0 Å². The van der Waals surface area contributed by atoms with Gasteiger partial charge < -0.3 is 15.4 Å². The highest BCUT2D eigenvalue weighted by Crippen LogP contribution is 2.10. The van der Waals surface area contributed by atoms with Crippen LogP contribution in [0.4, 0.5) is 10.6 Å². The second-order valence-corrected chi connectivity index (χ2v) is 7.02. The van der Waals surface area contributed by atoms with Crippen LogP contribution in [-0.4, -0.2) is 35.6 Å². The average Bonchev–Trinajstić information content (AvgIpc) is 2.53. The number of pyridine rings is 1. The zero-order valence-electron chi connectivity index (χ0n) is 15.9. The van der Waals surface area contributed by atoms with Crippen molar-refractivity contribution in [3.63, 3.8) is 0 Å². The van der Waals surface area contributed by atoms with Gasteiger partial charge in [-0.3, -0.25) is 4.79 Å². The van der Waals surface area contributed by atoms with E-state index in [1.807, 2.05) is 32.9 Å². The molecular weight excluding hydrogens is 318 g/mol. The molecule has 0 atom stereocenters. The summed E-state index contributed by atoms with van der Waals surface area (Å²) in [6.45, 7) is 9.00. The van der Waals surface area contributed by atoms with Crippen molar-refractivity contribution in [2.24, 2.45) is 0 Å². The Hall–Kier alpha value is -2.11. The average molecular weight is 349 g/mol. The van der Waals surface area contributed by atoms with Crippen LogP contribution in [-0.2, 0) is 4.74 Å². The molecule has 0 aromatic carbocycles. The number of unbranched alkanes of at least 4 members (excludes halogenated alkanes) is 2. The number of nitrogens with zero attached hydrogens (tertiary/aromatic N) is 1. The van der Waals surface area contributed by atoms with Crippen LogP contribution in [0.2, 0.25) is 0 Å². The standard InChI is InChI=1S/C19H31N3O3/c1-5-6-12-20-17-11-10-15(14-22-17)16(23)9-7-8-13-21-18(24)25-19(2,3)4/h10-11,14H,5-9,12-13H2,1-4H3,(H,20,22)(H,21,24). The molecule has 0 radical (unpaired) electrons. The van der Waals surface area contributed by atoms with Gasteiger partial charge in [-0.2, -0.15) is 0 Å². The monoisotopic (exact) mass is 349 g/mol. The molecule has 1 rings (SSSR count). The summed E-state index contributed by atoms with van der Waals surface area (Å²) in [5, 5.41) is 5.92. The first-order chi connectivity index (χ1) is 11.8. The van der Waals surface area contributed by atoms with Crippen molar-refractivity contribution in [3.8, 4) is 0 Å². The minimum absolute atomic E-state index is 0.0740. The van der Waals surface area contributed by atoms with E-state index in [0.717, 1.165) is 31.6 Å². The van der Waals surface area contributed by atoms with E-state index < -0.39 is 11.7 Å². The first kappa shape index (κ1) is 20.9. The molecule has 2 N–H and O–H groups in total. The molecule has 0 saturated carbocycles. The smallest absolute Gasteiger partial charge is 0.407 e. The van der Waals surface area contributed by atoms with Crippen LogP contribution in [0.25, 0.3) is 0 Å². The Bertz CT molecular complexity index is 536. The summed E-state index contributed by atoms with van der Waals surface area (Å²) in [5.74, 6) is 0.872. The maximum absolute atomic E-state index is 12.1. The molecule has 0 aliphatic rings. The third-order valence-electron chi connectivity index (χ3n) is 3.42. The Morgan fingerprint density at radius 2 is 1.88 bits per heavy atom. The highest BCUT2D eigenvalue weighted by Gasteiger charge is 2.15. The van der Waals surface area contributed by atoms with E-state index in [0.29, 0.717) is 24.9 Å².